The number of hydrogen-bond donors (Lipinski definition) is 1. The number of amides is 1. The zero-order valence-electron chi connectivity index (χ0n) is 11.8. The Hall–Kier alpha value is -1.43. The van der Waals surface area contributed by atoms with Crippen LogP contribution in [0.2, 0.25) is 0 Å². The number of ether oxygens (including phenoxy) is 2. The van der Waals surface area contributed by atoms with E-state index in [2.05, 4.69) is 0 Å². The smallest absolute Gasteiger partial charge is 0.239 e. The molecule has 1 saturated heterocycles. The Morgan fingerprint density at radius 2 is 2.25 bits per heavy atom. The molecule has 1 aromatic carbocycles. The van der Waals surface area contributed by atoms with Crippen LogP contribution in [-0.4, -0.2) is 56.4 Å². The fourth-order valence-electron chi connectivity index (χ4n) is 2.40. The summed E-state index contributed by atoms with van der Waals surface area (Å²) < 4.78 is 10.6. The van der Waals surface area contributed by atoms with Gasteiger partial charge in [0.1, 0.15) is 0 Å². The summed E-state index contributed by atoms with van der Waals surface area (Å²) in [7, 11) is 1.63. The van der Waals surface area contributed by atoms with Crippen molar-refractivity contribution in [1.29, 1.82) is 0 Å². The maximum absolute atomic E-state index is 12.4. The first-order valence-electron chi connectivity index (χ1n) is 6.89. The van der Waals surface area contributed by atoms with Gasteiger partial charge in [-0.25, -0.2) is 0 Å². The molecule has 2 atom stereocenters. The highest BCUT2D eigenvalue weighted by Gasteiger charge is 2.27. The fourth-order valence-corrected chi connectivity index (χ4v) is 2.40. The molecule has 1 aliphatic heterocycles. The van der Waals surface area contributed by atoms with Crippen molar-refractivity contribution in [3.63, 3.8) is 0 Å². The lowest BCUT2D eigenvalue weighted by Gasteiger charge is -2.34. The van der Waals surface area contributed by atoms with Crippen LogP contribution in [0.1, 0.15) is 5.56 Å². The second kappa shape index (κ2) is 7.38. The third-order valence-corrected chi connectivity index (χ3v) is 3.42. The molecule has 1 aliphatic rings. The summed E-state index contributed by atoms with van der Waals surface area (Å²) in [5, 5.41) is 0. The van der Waals surface area contributed by atoms with Gasteiger partial charge < -0.3 is 20.1 Å². The molecule has 0 saturated carbocycles. The van der Waals surface area contributed by atoms with Crippen molar-refractivity contribution in [1.82, 2.24) is 4.90 Å². The second-order valence-electron chi connectivity index (χ2n) is 5.03. The summed E-state index contributed by atoms with van der Waals surface area (Å²) in [6, 6.07) is 9.33. The van der Waals surface area contributed by atoms with Crippen LogP contribution in [0.3, 0.4) is 0 Å². The van der Waals surface area contributed by atoms with Crippen LogP contribution < -0.4 is 5.73 Å². The molecule has 2 N–H and O–H groups in total. The number of carbonyl (C=O) groups excluding carboxylic acids is 1. The van der Waals surface area contributed by atoms with E-state index in [1.54, 1.807) is 12.0 Å². The van der Waals surface area contributed by atoms with Crippen molar-refractivity contribution in [3.8, 4) is 0 Å². The van der Waals surface area contributed by atoms with Crippen LogP contribution >= 0.6 is 0 Å². The van der Waals surface area contributed by atoms with E-state index in [1.165, 1.54) is 0 Å². The van der Waals surface area contributed by atoms with Gasteiger partial charge in [-0.15, -0.1) is 0 Å². The van der Waals surface area contributed by atoms with E-state index in [4.69, 9.17) is 15.2 Å². The van der Waals surface area contributed by atoms with E-state index in [-0.39, 0.29) is 12.0 Å². The number of nitrogens with zero attached hydrogens (tertiary/aromatic N) is 1. The quantitative estimate of drug-likeness (QED) is 0.848. The Labute approximate surface area is 119 Å². The average Bonchev–Trinajstić information content (AvgIpc) is 2.48. The Balaban J connectivity index is 1.89. The van der Waals surface area contributed by atoms with Crippen LogP contribution in [0.4, 0.5) is 0 Å². The molecular weight excluding hydrogens is 256 g/mol. The molecular formula is C15H22N2O3. The van der Waals surface area contributed by atoms with Gasteiger partial charge in [-0.1, -0.05) is 30.3 Å². The summed E-state index contributed by atoms with van der Waals surface area (Å²) in [5.41, 5.74) is 7.11. The van der Waals surface area contributed by atoms with Crippen molar-refractivity contribution in [2.45, 2.75) is 18.6 Å². The second-order valence-corrected chi connectivity index (χ2v) is 5.03. The van der Waals surface area contributed by atoms with Crippen LogP contribution in [0.15, 0.2) is 30.3 Å². The van der Waals surface area contributed by atoms with Crippen molar-refractivity contribution < 1.29 is 14.3 Å². The normalized spacial score (nSPS) is 20.7. The maximum Gasteiger partial charge on any atom is 0.239 e. The molecule has 110 valence electrons. The topological polar surface area (TPSA) is 64.8 Å². The number of nitrogens with two attached hydrogens (primary N) is 1. The van der Waals surface area contributed by atoms with Crippen molar-refractivity contribution in [3.05, 3.63) is 35.9 Å². The van der Waals surface area contributed by atoms with Crippen LogP contribution in [-0.2, 0) is 20.7 Å². The molecule has 0 radical (unpaired) electrons. The SMILES string of the molecule is COC[C@@H]1CN(C(=O)[C@@H](N)Cc2ccccc2)CCO1. The van der Waals surface area contributed by atoms with Gasteiger partial charge >= 0.3 is 0 Å². The largest absolute Gasteiger partial charge is 0.382 e. The average molecular weight is 278 g/mol. The van der Waals surface area contributed by atoms with Crippen molar-refractivity contribution >= 4 is 5.91 Å². The minimum absolute atomic E-state index is 0.0155. The molecule has 0 aliphatic carbocycles. The van der Waals surface area contributed by atoms with E-state index in [9.17, 15) is 4.79 Å². The lowest BCUT2D eigenvalue weighted by atomic mass is 10.1. The third-order valence-electron chi connectivity index (χ3n) is 3.42. The zero-order chi connectivity index (χ0) is 14.4. The first-order chi connectivity index (χ1) is 9.70. The number of hydrogen-bond acceptors (Lipinski definition) is 4. The Morgan fingerprint density at radius 3 is 2.95 bits per heavy atom. The van der Waals surface area contributed by atoms with E-state index in [1.807, 2.05) is 30.3 Å². The van der Waals surface area contributed by atoms with Gasteiger partial charge in [0, 0.05) is 20.2 Å². The highest BCUT2D eigenvalue weighted by molar-refractivity contribution is 5.82. The lowest BCUT2D eigenvalue weighted by Crippen LogP contribution is -2.52. The van der Waals surface area contributed by atoms with E-state index in [0.29, 0.717) is 32.7 Å². The predicted molar refractivity (Wildman–Crippen MR) is 76.3 cm³/mol. The first kappa shape index (κ1) is 15.0. The highest BCUT2D eigenvalue weighted by Crippen LogP contribution is 2.09. The molecule has 0 spiro atoms. The predicted octanol–water partition coefficient (Wildman–Crippen LogP) is 0.430. The highest BCUT2D eigenvalue weighted by atomic mass is 16.5. The summed E-state index contributed by atoms with van der Waals surface area (Å²) in [6.45, 7) is 2.19. The Morgan fingerprint density at radius 1 is 1.50 bits per heavy atom. The molecule has 5 heteroatoms. The maximum atomic E-state index is 12.4. The van der Waals surface area contributed by atoms with Gasteiger partial charge in [-0.05, 0) is 12.0 Å². The summed E-state index contributed by atoms with van der Waals surface area (Å²) in [5.74, 6) is -0.0155. The molecule has 1 aromatic rings. The molecule has 1 amide bonds. The van der Waals surface area contributed by atoms with E-state index >= 15 is 0 Å². The minimum Gasteiger partial charge on any atom is -0.382 e. The van der Waals surface area contributed by atoms with Gasteiger partial charge in [0.2, 0.25) is 5.91 Å². The van der Waals surface area contributed by atoms with E-state index in [0.717, 1.165) is 5.56 Å². The lowest BCUT2D eigenvalue weighted by molar-refractivity contribution is -0.142. The zero-order valence-corrected chi connectivity index (χ0v) is 11.8. The van der Waals surface area contributed by atoms with Crippen molar-refractivity contribution in [2.24, 2.45) is 5.73 Å². The molecule has 20 heavy (non-hydrogen) atoms. The third kappa shape index (κ3) is 4.03. The summed E-state index contributed by atoms with van der Waals surface area (Å²) >= 11 is 0. The summed E-state index contributed by atoms with van der Waals surface area (Å²) in [4.78, 5) is 14.1. The molecule has 1 fully saturated rings. The number of rotatable bonds is 5. The van der Waals surface area contributed by atoms with Crippen LogP contribution in [0.5, 0.6) is 0 Å². The molecule has 5 nitrogen and oxygen atoms in total. The number of methoxy groups -OCH3 is 1. The van der Waals surface area contributed by atoms with Crippen LogP contribution in [0.25, 0.3) is 0 Å². The van der Waals surface area contributed by atoms with Gasteiger partial charge in [-0.2, -0.15) is 0 Å². The van der Waals surface area contributed by atoms with E-state index < -0.39 is 6.04 Å². The Kier molecular flexibility index (Phi) is 5.52. The number of morpholine rings is 1. The number of benzene rings is 1. The van der Waals surface area contributed by atoms with Gasteiger partial charge in [0.05, 0.1) is 25.4 Å². The van der Waals surface area contributed by atoms with Gasteiger partial charge in [-0.3, -0.25) is 4.79 Å². The molecule has 1 heterocycles. The minimum atomic E-state index is -0.501. The monoisotopic (exact) mass is 278 g/mol. The molecule has 0 unspecified atom stereocenters. The Bertz CT molecular complexity index is 422. The van der Waals surface area contributed by atoms with Crippen molar-refractivity contribution in [2.75, 3.05) is 33.4 Å². The molecule has 0 bridgehead atoms. The fraction of sp³-hybridized carbons (Fsp3) is 0.533. The number of carbonyl (C=O) groups is 1. The van der Waals surface area contributed by atoms with Gasteiger partial charge in [0.15, 0.2) is 0 Å². The first-order valence-corrected chi connectivity index (χ1v) is 6.89. The molecule has 2 rings (SSSR count). The van der Waals surface area contributed by atoms with Gasteiger partial charge in [0.25, 0.3) is 0 Å². The standard InChI is InChI=1S/C15H22N2O3/c1-19-11-13-10-17(7-8-20-13)15(18)14(16)9-12-5-3-2-4-6-12/h2-6,13-14H,7-11,16H2,1H3/t13-,14-/m0/s1. The summed E-state index contributed by atoms with van der Waals surface area (Å²) in [6.07, 6.45) is 0.507. The molecule has 0 aromatic heterocycles. The van der Waals surface area contributed by atoms with Crippen LogP contribution in [0, 0.1) is 0 Å².